The molecule has 1 saturated heterocycles. The van der Waals surface area contributed by atoms with Gasteiger partial charge in [0.05, 0.1) is 16.7 Å². The molecule has 2 heterocycles. The molecule has 0 bridgehead atoms. The van der Waals surface area contributed by atoms with Crippen molar-refractivity contribution in [3.63, 3.8) is 0 Å². The number of thiocyanates is 1. The molecule has 0 saturated carbocycles. The largest absolute Gasteiger partial charge is 0.412 e. The Morgan fingerprint density at radius 1 is 1.43 bits per heavy atom. The lowest BCUT2D eigenvalue weighted by atomic mass is 10.1. The van der Waals surface area contributed by atoms with Gasteiger partial charge in [0, 0.05) is 25.5 Å². The molecule has 1 fully saturated rings. The summed E-state index contributed by atoms with van der Waals surface area (Å²) in [5.74, 6) is 0. The molecule has 1 atom stereocenters. The van der Waals surface area contributed by atoms with E-state index in [-0.39, 0.29) is 11.1 Å². The maximum absolute atomic E-state index is 8.98. The summed E-state index contributed by atoms with van der Waals surface area (Å²) in [5, 5.41) is 11.4. The lowest BCUT2D eigenvalue weighted by Crippen LogP contribution is -2.49. The molecule has 0 aliphatic carbocycles. The molecule has 6 heteroatoms. The van der Waals surface area contributed by atoms with Crippen LogP contribution in [-0.4, -0.2) is 32.5 Å². The van der Waals surface area contributed by atoms with E-state index in [0.29, 0.717) is 0 Å². The van der Waals surface area contributed by atoms with Gasteiger partial charge in [0.25, 0.3) is 0 Å². The van der Waals surface area contributed by atoms with Gasteiger partial charge >= 0.3 is 0 Å². The molecular weight excluding hydrogens is 322 g/mol. The number of rotatable bonds is 4. The molecule has 2 rings (SSSR count). The van der Waals surface area contributed by atoms with Gasteiger partial charge in [0.2, 0.25) is 0 Å². The third kappa shape index (κ3) is 4.49. The zero-order valence-corrected chi connectivity index (χ0v) is 16.6. The number of pyridine rings is 1. The Kier molecular flexibility index (Phi) is 5.77. The van der Waals surface area contributed by atoms with Crippen LogP contribution in [0, 0.1) is 10.7 Å². The van der Waals surface area contributed by atoms with Crippen LogP contribution in [0.25, 0.3) is 0 Å². The summed E-state index contributed by atoms with van der Waals surface area (Å²) < 4.78 is 6.60. The normalized spacial score (nSPS) is 19.5. The van der Waals surface area contributed by atoms with Gasteiger partial charge in [0.15, 0.2) is 8.32 Å². The number of aromatic nitrogens is 1. The Morgan fingerprint density at radius 3 is 2.83 bits per heavy atom. The fraction of sp³-hybridized carbons (Fsp3) is 0.647. The molecule has 1 aliphatic heterocycles. The fourth-order valence-corrected chi connectivity index (χ4v) is 4.50. The van der Waals surface area contributed by atoms with Crippen molar-refractivity contribution < 1.29 is 4.43 Å². The topological polar surface area (TPSA) is 49.1 Å². The lowest BCUT2D eigenvalue weighted by Gasteiger charge is -2.43. The summed E-state index contributed by atoms with van der Waals surface area (Å²) in [5.41, 5.74) is 1.11. The Balaban J connectivity index is 2.12. The molecule has 23 heavy (non-hydrogen) atoms. The molecule has 0 N–H and O–H groups in total. The van der Waals surface area contributed by atoms with Crippen LogP contribution in [-0.2, 0) is 4.43 Å². The Morgan fingerprint density at radius 2 is 2.17 bits per heavy atom. The highest BCUT2D eigenvalue weighted by Gasteiger charge is 2.40. The average molecular weight is 350 g/mol. The SMILES string of the molecule is CC(C)(C)[Si](C)(C)O[C@H]1CCCN(c2ccncc2SC#N)C1. The maximum atomic E-state index is 8.98. The van der Waals surface area contributed by atoms with Crippen molar-refractivity contribution in [2.24, 2.45) is 0 Å². The highest BCUT2D eigenvalue weighted by atomic mass is 32.2. The van der Waals surface area contributed by atoms with E-state index in [4.69, 9.17) is 9.69 Å². The second-order valence-corrected chi connectivity index (χ2v) is 13.2. The summed E-state index contributed by atoms with van der Waals surface area (Å²) in [7, 11) is -1.75. The number of hydrogen-bond acceptors (Lipinski definition) is 5. The smallest absolute Gasteiger partial charge is 0.192 e. The van der Waals surface area contributed by atoms with E-state index in [1.807, 2.05) is 6.07 Å². The molecule has 0 spiro atoms. The minimum atomic E-state index is -1.75. The molecule has 0 aromatic carbocycles. The van der Waals surface area contributed by atoms with Crippen molar-refractivity contribution >= 4 is 25.8 Å². The van der Waals surface area contributed by atoms with E-state index in [1.165, 1.54) is 11.8 Å². The van der Waals surface area contributed by atoms with Gasteiger partial charge in [-0.1, -0.05) is 20.8 Å². The predicted molar refractivity (Wildman–Crippen MR) is 99.2 cm³/mol. The standard InChI is InChI=1S/C17H27N3OSSi/c1-17(2,3)23(4,5)21-14-7-6-10-20(12-14)15-8-9-19-11-16(15)22-13-18/h8-9,11,14H,6-7,10,12H2,1-5H3/t14-/m0/s1. The summed E-state index contributed by atoms with van der Waals surface area (Å²) >= 11 is 1.18. The number of nitriles is 1. The second kappa shape index (κ2) is 7.25. The Labute approximate surface area is 145 Å². The molecule has 0 unspecified atom stereocenters. The van der Waals surface area contributed by atoms with E-state index in [1.54, 1.807) is 12.4 Å². The molecule has 0 amide bonds. The van der Waals surface area contributed by atoms with Crippen LogP contribution < -0.4 is 4.90 Å². The molecular formula is C17H27N3OSSi. The summed E-state index contributed by atoms with van der Waals surface area (Å²) in [6, 6.07) is 2.01. The van der Waals surface area contributed by atoms with Crippen LogP contribution >= 0.6 is 11.8 Å². The first-order valence-electron chi connectivity index (χ1n) is 8.17. The Hall–Kier alpha value is -1.03. The average Bonchev–Trinajstić information content (AvgIpc) is 2.47. The van der Waals surface area contributed by atoms with E-state index >= 15 is 0 Å². The third-order valence-electron chi connectivity index (χ3n) is 4.90. The monoisotopic (exact) mass is 349 g/mol. The van der Waals surface area contributed by atoms with Gasteiger partial charge in [-0.15, -0.1) is 0 Å². The van der Waals surface area contributed by atoms with Crippen LogP contribution in [0.15, 0.2) is 23.4 Å². The predicted octanol–water partition coefficient (Wildman–Crippen LogP) is 4.65. The summed E-state index contributed by atoms with van der Waals surface area (Å²) in [4.78, 5) is 7.43. The molecule has 1 aromatic heterocycles. The molecule has 4 nitrogen and oxygen atoms in total. The molecule has 1 aliphatic rings. The summed E-state index contributed by atoms with van der Waals surface area (Å²) in [6.07, 6.45) is 6.10. The van der Waals surface area contributed by atoms with Crippen molar-refractivity contribution in [3.8, 4) is 5.40 Å². The number of thioether (sulfide) groups is 1. The zero-order valence-electron chi connectivity index (χ0n) is 14.8. The number of hydrogen-bond donors (Lipinski definition) is 0. The van der Waals surface area contributed by atoms with Crippen LogP contribution in [0.2, 0.25) is 18.1 Å². The minimum Gasteiger partial charge on any atom is -0.412 e. The quantitative estimate of drug-likeness (QED) is 0.450. The molecule has 1 aromatic rings. The number of nitrogens with zero attached hydrogens (tertiary/aromatic N) is 3. The maximum Gasteiger partial charge on any atom is 0.192 e. The first kappa shape index (κ1) is 18.3. The fourth-order valence-electron chi connectivity index (χ4n) is 2.61. The first-order valence-corrected chi connectivity index (χ1v) is 11.9. The lowest BCUT2D eigenvalue weighted by molar-refractivity contribution is 0.160. The van der Waals surface area contributed by atoms with Crippen molar-refractivity contribution in [1.82, 2.24) is 4.98 Å². The molecule has 126 valence electrons. The summed E-state index contributed by atoms with van der Waals surface area (Å²) in [6.45, 7) is 13.4. The molecule has 0 radical (unpaired) electrons. The van der Waals surface area contributed by atoms with Gasteiger partial charge in [-0.2, -0.15) is 5.26 Å². The zero-order chi connectivity index (χ0) is 17.1. The third-order valence-corrected chi connectivity index (χ3v) is 10.1. The Bertz CT molecular complexity index is 580. The van der Waals surface area contributed by atoms with E-state index in [9.17, 15) is 0 Å². The van der Waals surface area contributed by atoms with E-state index in [0.717, 1.165) is 36.5 Å². The van der Waals surface area contributed by atoms with E-state index < -0.39 is 8.32 Å². The van der Waals surface area contributed by atoms with Crippen LogP contribution in [0.3, 0.4) is 0 Å². The van der Waals surface area contributed by atoms with Crippen molar-refractivity contribution in [3.05, 3.63) is 18.5 Å². The van der Waals surface area contributed by atoms with Crippen LogP contribution in [0.4, 0.5) is 5.69 Å². The van der Waals surface area contributed by atoms with Gasteiger partial charge < -0.3 is 9.33 Å². The minimum absolute atomic E-state index is 0.230. The van der Waals surface area contributed by atoms with Crippen molar-refractivity contribution in [1.29, 1.82) is 5.26 Å². The van der Waals surface area contributed by atoms with Gasteiger partial charge in [-0.3, -0.25) is 4.98 Å². The van der Waals surface area contributed by atoms with Crippen LogP contribution in [0.1, 0.15) is 33.6 Å². The van der Waals surface area contributed by atoms with E-state index in [2.05, 4.69) is 49.2 Å². The van der Waals surface area contributed by atoms with Crippen molar-refractivity contribution in [2.75, 3.05) is 18.0 Å². The first-order chi connectivity index (χ1) is 10.7. The second-order valence-electron chi connectivity index (χ2n) is 7.63. The highest BCUT2D eigenvalue weighted by Crippen LogP contribution is 2.39. The van der Waals surface area contributed by atoms with Gasteiger partial charge in [0.1, 0.15) is 5.40 Å². The number of piperidine rings is 1. The van der Waals surface area contributed by atoms with Gasteiger partial charge in [-0.05, 0) is 48.8 Å². The highest BCUT2D eigenvalue weighted by molar-refractivity contribution is 8.03. The van der Waals surface area contributed by atoms with Crippen molar-refractivity contribution in [2.45, 2.75) is 62.7 Å². The number of anilines is 1. The van der Waals surface area contributed by atoms with Gasteiger partial charge in [-0.25, -0.2) is 0 Å². The van der Waals surface area contributed by atoms with Crippen LogP contribution in [0.5, 0.6) is 0 Å².